The van der Waals surface area contributed by atoms with Gasteiger partial charge in [-0.3, -0.25) is 4.98 Å². The van der Waals surface area contributed by atoms with Gasteiger partial charge in [0.2, 0.25) is 0 Å². The van der Waals surface area contributed by atoms with E-state index >= 15 is 0 Å². The highest BCUT2D eigenvalue weighted by Crippen LogP contribution is 2.29. The molecule has 3 nitrogen and oxygen atoms in total. The highest BCUT2D eigenvalue weighted by atomic mass is 35.5. The standard InChI is InChI=1S/C17H22ClN3/c1-4-16(19)17-10-9-13(11-20-17)21(3)12(2)14-7-5-6-8-15(14)18/h5-12,16H,4,19H2,1-3H3. The molecule has 21 heavy (non-hydrogen) atoms. The molecule has 0 aliphatic heterocycles. The lowest BCUT2D eigenvalue weighted by Crippen LogP contribution is -2.22. The minimum Gasteiger partial charge on any atom is -0.367 e. The summed E-state index contributed by atoms with van der Waals surface area (Å²) in [4.78, 5) is 6.63. The molecule has 0 aliphatic carbocycles. The van der Waals surface area contributed by atoms with Gasteiger partial charge in [-0.15, -0.1) is 0 Å². The van der Waals surface area contributed by atoms with Crippen molar-refractivity contribution in [2.45, 2.75) is 32.4 Å². The Morgan fingerprint density at radius 2 is 1.95 bits per heavy atom. The summed E-state index contributed by atoms with van der Waals surface area (Å²) in [7, 11) is 2.05. The Hall–Kier alpha value is -1.58. The van der Waals surface area contributed by atoms with Gasteiger partial charge in [0.1, 0.15) is 0 Å². The Morgan fingerprint density at radius 3 is 2.52 bits per heavy atom. The summed E-state index contributed by atoms with van der Waals surface area (Å²) in [6, 6.07) is 12.2. The Morgan fingerprint density at radius 1 is 1.24 bits per heavy atom. The van der Waals surface area contributed by atoms with Crippen LogP contribution in [0.2, 0.25) is 5.02 Å². The van der Waals surface area contributed by atoms with E-state index in [4.69, 9.17) is 17.3 Å². The molecular formula is C17H22ClN3. The zero-order valence-corrected chi connectivity index (χ0v) is 13.5. The Kier molecular flexibility index (Phi) is 5.21. The summed E-state index contributed by atoms with van der Waals surface area (Å²) in [5.74, 6) is 0. The Bertz CT molecular complexity index is 583. The van der Waals surface area contributed by atoms with Crippen molar-refractivity contribution in [3.8, 4) is 0 Å². The number of aromatic nitrogens is 1. The second kappa shape index (κ2) is 6.92. The van der Waals surface area contributed by atoms with Gasteiger partial charge >= 0.3 is 0 Å². The van der Waals surface area contributed by atoms with Gasteiger partial charge in [-0.05, 0) is 37.1 Å². The maximum Gasteiger partial charge on any atom is 0.0572 e. The third-order valence-corrected chi connectivity index (χ3v) is 4.28. The minimum absolute atomic E-state index is 0.00495. The van der Waals surface area contributed by atoms with Crippen LogP contribution < -0.4 is 10.6 Å². The van der Waals surface area contributed by atoms with Gasteiger partial charge in [-0.2, -0.15) is 0 Å². The van der Waals surface area contributed by atoms with E-state index in [9.17, 15) is 0 Å². The van der Waals surface area contributed by atoms with Crippen molar-refractivity contribution in [2.24, 2.45) is 5.73 Å². The van der Waals surface area contributed by atoms with E-state index in [1.54, 1.807) is 0 Å². The lowest BCUT2D eigenvalue weighted by molar-refractivity contribution is 0.673. The van der Waals surface area contributed by atoms with Gasteiger partial charge in [0.05, 0.1) is 23.6 Å². The van der Waals surface area contributed by atoms with Crippen molar-refractivity contribution in [1.82, 2.24) is 4.98 Å². The first-order valence-electron chi connectivity index (χ1n) is 7.23. The number of benzene rings is 1. The Labute approximate surface area is 131 Å². The topological polar surface area (TPSA) is 42.1 Å². The van der Waals surface area contributed by atoms with Gasteiger partial charge in [0.15, 0.2) is 0 Å². The van der Waals surface area contributed by atoms with Gasteiger partial charge < -0.3 is 10.6 Å². The van der Waals surface area contributed by atoms with Crippen molar-refractivity contribution in [3.63, 3.8) is 0 Å². The van der Waals surface area contributed by atoms with E-state index in [0.717, 1.165) is 28.4 Å². The average molecular weight is 304 g/mol. The van der Waals surface area contributed by atoms with Crippen LogP contribution in [0.15, 0.2) is 42.6 Å². The van der Waals surface area contributed by atoms with Crippen molar-refractivity contribution in [2.75, 3.05) is 11.9 Å². The second-order valence-electron chi connectivity index (χ2n) is 5.26. The predicted molar refractivity (Wildman–Crippen MR) is 89.7 cm³/mol. The summed E-state index contributed by atoms with van der Waals surface area (Å²) in [6.45, 7) is 4.19. The lowest BCUT2D eigenvalue weighted by Gasteiger charge is -2.28. The van der Waals surface area contributed by atoms with E-state index in [-0.39, 0.29) is 12.1 Å². The molecule has 0 saturated heterocycles. The Balaban J connectivity index is 2.20. The van der Waals surface area contributed by atoms with Crippen LogP contribution in [0, 0.1) is 0 Å². The van der Waals surface area contributed by atoms with Gasteiger partial charge in [-0.1, -0.05) is 36.7 Å². The molecule has 1 heterocycles. The first kappa shape index (κ1) is 15.8. The molecular weight excluding hydrogens is 282 g/mol. The largest absolute Gasteiger partial charge is 0.367 e. The molecule has 2 aromatic rings. The summed E-state index contributed by atoms with van der Waals surface area (Å²) >= 11 is 6.28. The zero-order valence-electron chi connectivity index (χ0n) is 12.8. The van der Waals surface area contributed by atoms with Crippen LogP contribution in [0.1, 0.15) is 43.6 Å². The average Bonchev–Trinajstić information content (AvgIpc) is 2.53. The first-order chi connectivity index (χ1) is 10.0. The van der Waals surface area contributed by atoms with Crippen LogP contribution in [0.4, 0.5) is 5.69 Å². The molecule has 1 aromatic heterocycles. The van der Waals surface area contributed by atoms with Crippen molar-refractivity contribution < 1.29 is 0 Å². The van der Waals surface area contributed by atoms with Crippen LogP contribution in [-0.4, -0.2) is 12.0 Å². The smallest absolute Gasteiger partial charge is 0.0572 e. The fourth-order valence-corrected chi connectivity index (χ4v) is 2.57. The lowest BCUT2D eigenvalue weighted by atomic mass is 10.1. The third-order valence-electron chi connectivity index (χ3n) is 3.93. The number of nitrogens with zero attached hydrogens (tertiary/aromatic N) is 2. The predicted octanol–water partition coefficient (Wildman–Crippen LogP) is 4.34. The highest BCUT2D eigenvalue weighted by molar-refractivity contribution is 6.31. The molecule has 0 aliphatic rings. The SMILES string of the molecule is CCC(N)c1ccc(N(C)C(C)c2ccccc2Cl)cn1. The fraction of sp³-hybridized carbons (Fsp3) is 0.353. The van der Waals surface area contributed by atoms with Crippen LogP contribution in [0.3, 0.4) is 0 Å². The van der Waals surface area contributed by atoms with E-state index in [2.05, 4.69) is 35.9 Å². The molecule has 4 heteroatoms. The second-order valence-corrected chi connectivity index (χ2v) is 5.67. The monoisotopic (exact) mass is 303 g/mol. The molecule has 0 bridgehead atoms. The van der Waals surface area contributed by atoms with Crippen molar-refractivity contribution in [1.29, 1.82) is 0 Å². The molecule has 0 spiro atoms. The molecule has 2 atom stereocenters. The molecule has 112 valence electrons. The number of anilines is 1. The normalized spacial score (nSPS) is 13.8. The van der Waals surface area contributed by atoms with E-state index in [1.165, 1.54) is 0 Å². The number of nitrogens with two attached hydrogens (primary N) is 1. The van der Waals surface area contributed by atoms with E-state index < -0.39 is 0 Å². The number of pyridine rings is 1. The molecule has 2 rings (SSSR count). The molecule has 1 aromatic carbocycles. The molecule has 0 radical (unpaired) electrons. The molecule has 0 saturated carbocycles. The highest BCUT2D eigenvalue weighted by Gasteiger charge is 2.15. The van der Waals surface area contributed by atoms with Crippen molar-refractivity contribution in [3.05, 3.63) is 58.9 Å². The maximum absolute atomic E-state index is 6.28. The third kappa shape index (κ3) is 3.55. The van der Waals surface area contributed by atoms with E-state index in [1.807, 2.05) is 37.5 Å². The summed E-state index contributed by atoms with van der Waals surface area (Å²) in [5, 5.41) is 0.787. The number of hydrogen-bond donors (Lipinski definition) is 1. The van der Waals surface area contributed by atoms with Gasteiger partial charge in [0.25, 0.3) is 0 Å². The molecule has 2 unspecified atom stereocenters. The van der Waals surface area contributed by atoms with Gasteiger partial charge in [-0.25, -0.2) is 0 Å². The summed E-state index contributed by atoms with van der Waals surface area (Å²) < 4.78 is 0. The summed E-state index contributed by atoms with van der Waals surface area (Å²) in [6.07, 6.45) is 2.76. The fourth-order valence-electron chi connectivity index (χ4n) is 2.28. The summed E-state index contributed by atoms with van der Waals surface area (Å²) in [5.41, 5.74) is 9.09. The quantitative estimate of drug-likeness (QED) is 0.893. The van der Waals surface area contributed by atoms with Crippen LogP contribution in [0.25, 0.3) is 0 Å². The molecule has 0 fully saturated rings. The van der Waals surface area contributed by atoms with Crippen molar-refractivity contribution >= 4 is 17.3 Å². The van der Waals surface area contributed by atoms with Crippen LogP contribution >= 0.6 is 11.6 Å². The maximum atomic E-state index is 6.28. The molecule has 2 N–H and O–H groups in total. The van der Waals surface area contributed by atoms with Crippen LogP contribution in [0.5, 0.6) is 0 Å². The van der Waals surface area contributed by atoms with Gasteiger partial charge in [0, 0.05) is 18.1 Å². The molecule has 0 amide bonds. The van der Waals surface area contributed by atoms with Crippen LogP contribution in [-0.2, 0) is 0 Å². The number of halogens is 1. The van der Waals surface area contributed by atoms with E-state index in [0.29, 0.717) is 0 Å². The minimum atomic E-state index is 0.00495. The first-order valence-corrected chi connectivity index (χ1v) is 7.61. The number of rotatable bonds is 5. The zero-order chi connectivity index (χ0) is 15.4. The number of hydrogen-bond acceptors (Lipinski definition) is 3.